The van der Waals surface area contributed by atoms with Crippen molar-refractivity contribution in [2.24, 2.45) is 7.05 Å². The molecular weight excluding hydrogens is 402 g/mol. The first kappa shape index (κ1) is 20.4. The van der Waals surface area contributed by atoms with E-state index in [4.69, 9.17) is 0 Å². The SMILES string of the molecule is CN1C(=O)N(c2c(F)cc(C#Cc3ccccc3)cc2F)C(=O)C[C@@]1(C)c1cn(C)[nH]1. The van der Waals surface area contributed by atoms with Crippen LogP contribution < -0.4 is 4.90 Å². The number of rotatable bonds is 2. The van der Waals surface area contributed by atoms with Gasteiger partial charge in [0.15, 0.2) is 11.6 Å². The molecule has 1 fully saturated rings. The van der Waals surface area contributed by atoms with Crippen LogP contribution in [0.4, 0.5) is 19.3 Å². The zero-order chi connectivity index (χ0) is 22.3. The summed E-state index contributed by atoms with van der Waals surface area (Å²) in [6.07, 6.45) is 1.63. The second-order valence-corrected chi connectivity index (χ2v) is 7.69. The van der Waals surface area contributed by atoms with Crippen LogP contribution in [0.3, 0.4) is 0 Å². The fraction of sp³-hybridized carbons (Fsp3) is 0.217. The van der Waals surface area contributed by atoms with E-state index in [2.05, 4.69) is 16.9 Å². The van der Waals surface area contributed by atoms with Gasteiger partial charge in [0.2, 0.25) is 5.91 Å². The van der Waals surface area contributed by atoms with Gasteiger partial charge in [-0.1, -0.05) is 30.0 Å². The van der Waals surface area contributed by atoms with E-state index >= 15 is 0 Å². The summed E-state index contributed by atoms with van der Waals surface area (Å²) in [5.41, 5.74) is -0.164. The average Bonchev–Trinajstić information content (AvgIpc) is 2.71. The van der Waals surface area contributed by atoms with E-state index in [-0.39, 0.29) is 12.0 Å². The van der Waals surface area contributed by atoms with Gasteiger partial charge >= 0.3 is 6.03 Å². The molecule has 0 saturated carbocycles. The Morgan fingerprint density at radius 3 is 2.16 bits per heavy atom. The van der Waals surface area contributed by atoms with E-state index in [1.165, 1.54) is 11.9 Å². The van der Waals surface area contributed by atoms with Crippen molar-refractivity contribution >= 4 is 17.6 Å². The van der Waals surface area contributed by atoms with Gasteiger partial charge in [-0.15, -0.1) is 0 Å². The summed E-state index contributed by atoms with van der Waals surface area (Å²) in [6, 6.07) is 10.2. The van der Waals surface area contributed by atoms with Gasteiger partial charge in [-0.2, -0.15) is 0 Å². The van der Waals surface area contributed by atoms with E-state index in [0.717, 1.165) is 12.1 Å². The molecule has 2 heterocycles. The molecule has 31 heavy (non-hydrogen) atoms. The normalized spacial score (nSPS) is 18.9. The summed E-state index contributed by atoms with van der Waals surface area (Å²) >= 11 is 0. The molecule has 4 rings (SSSR count). The molecule has 1 aromatic heterocycles. The Bertz CT molecular complexity index is 1200. The zero-order valence-electron chi connectivity index (χ0n) is 17.2. The Kier molecular flexibility index (Phi) is 4.90. The predicted octanol–water partition coefficient (Wildman–Crippen LogP) is 3.74. The minimum Gasteiger partial charge on any atom is -0.315 e. The molecule has 1 atom stereocenters. The summed E-state index contributed by atoms with van der Waals surface area (Å²) in [6.45, 7) is 1.72. The van der Waals surface area contributed by atoms with Crippen LogP contribution in [0.2, 0.25) is 0 Å². The number of nitrogens with zero attached hydrogens (tertiary/aromatic N) is 3. The number of hydrogen-bond acceptors (Lipinski definition) is 2. The Balaban J connectivity index is 1.66. The third-order valence-corrected chi connectivity index (χ3v) is 5.53. The van der Waals surface area contributed by atoms with Crippen LogP contribution in [0.5, 0.6) is 0 Å². The van der Waals surface area contributed by atoms with Crippen LogP contribution in [0.25, 0.3) is 0 Å². The molecule has 1 saturated heterocycles. The van der Waals surface area contributed by atoms with Gasteiger partial charge in [0, 0.05) is 31.4 Å². The maximum absolute atomic E-state index is 14.9. The highest BCUT2D eigenvalue weighted by atomic mass is 19.1. The molecule has 158 valence electrons. The molecule has 0 aliphatic carbocycles. The molecule has 1 N–H and O–H groups in total. The van der Waals surface area contributed by atoms with E-state index < -0.39 is 34.8 Å². The van der Waals surface area contributed by atoms with Crippen molar-refractivity contribution in [2.75, 3.05) is 11.9 Å². The van der Waals surface area contributed by atoms with Gasteiger partial charge in [-0.3, -0.25) is 14.6 Å². The number of benzene rings is 2. The van der Waals surface area contributed by atoms with Crippen LogP contribution in [0.1, 0.15) is 30.2 Å². The van der Waals surface area contributed by atoms with Gasteiger partial charge in [0.05, 0.1) is 17.7 Å². The fourth-order valence-corrected chi connectivity index (χ4v) is 3.61. The summed E-state index contributed by atoms with van der Waals surface area (Å²) in [5.74, 6) is 2.77. The van der Waals surface area contributed by atoms with Gasteiger partial charge in [0.1, 0.15) is 5.69 Å². The summed E-state index contributed by atoms with van der Waals surface area (Å²) in [7, 11) is 3.27. The number of anilines is 1. The number of aryl methyl sites for hydroxylation is 1. The lowest BCUT2D eigenvalue weighted by Crippen LogP contribution is -2.61. The lowest BCUT2D eigenvalue weighted by Gasteiger charge is -2.46. The first-order chi connectivity index (χ1) is 14.7. The predicted molar refractivity (Wildman–Crippen MR) is 111 cm³/mol. The van der Waals surface area contributed by atoms with Crippen molar-refractivity contribution in [1.29, 1.82) is 0 Å². The first-order valence-electron chi connectivity index (χ1n) is 9.59. The van der Waals surface area contributed by atoms with Crippen LogP contribution in [-0.2, 0) is 17.4 Å². The Morgan fingerprint density at radius 2 is 1.58 bits per heavy atom. The van der Waals surface area contributed by atoms with Gasteiger partial charge in [-0.25, -0.2) is 18.5 Å². The largest absolute Gasteiger partial charge is 0.332 e. The van der Waals surface area contributed by atoms with Gasteiger partial charge in [-0.05, 0) is 31.2 Å². The van der Waals surface area contributed by atoms with Crippen LogP contribution in [-0.4, -0.2) is 33.7 Å². The number of urea groups is 1. The van der Waals surface area contributed by atoms with Crippen molar-refractivity contribution in [2.45, 2.75) is 18.9 Å². The van der Waals surface area contributed by atoms with Crippen molar-refractivity contribution < 1.29 is 18.4 Å². The van der Waals surface area contributed by atoms with Crippen LogP contribution in [0, 0.1) is 23.5 Å². The zero-order valence-corrected chi connectivity index (χ0v) is 17.2. The minimum absolute atomic E-state index is 0.101. The Morgan fingerprint density at radius 1 is 1.00 bits per heavy atom. The lowest BCUT2D eigenvalue weighted by molar-refractivity contribution is -0.122. The van der Waals surface area contributed by atoms with Crippen molar-refractivity contribution in [1.82, 2.24) is 14.7 Å². The Labute approximate surface area is 178 Å². The molecular formula is C23H20F2N4O2. The molecule has 3 aromatic rings. The molecule has 0 spiro atoms. The lowest BCUT2D eigenvalue weighted by atomic mass is 9.89. The monoisotopic (exact) mass is 422 g/mol. The van der Waals surface area contributed by atoms with Crippen molar-refractivity contribution in [3.63, 3.8) is 0 Å². The third-order valence-electron chi connectivity index (χ3n) is 5.53. The number of nitrogens with one attached hydrogen (secondary N) is 1. The molecule has 2 aromatic carbocycles. The molecule has 1 aliphatic heterocycles. The highest BCUT2D eigenvalue weighted by Crippen LogP contribution is 2.38. The second kappa shape index (κ2) is 7.43. The number of carbonyl (C=O) groups is 2. The standard InChI is InChI=1S/C23H20F2N4O2/c1-23(19-14-27(2)26-19)13-20(30)29(22(31)28(23)3)21-17(24)11-16(12-18(21)25)10-9-15-7-5-4-6-8-15/h4-8,11-12,14,26H,13H2,1-3H3/t23-/m0/s1. The quantitative estimate of drug-likeness (QED) is 0.640. The minimum atomic E-state index is -1.03. The van der Waals surface area contributed by atoms with Crippen LogP contribution >= 0.6 is 0 Å². The van der Waals surface area contributed by atoms with Crippen LogP contribution in [0.15, 0.2) is 48.7 Å². The van der Waals surface area contributed by atoms with E-state index in [1.807, 2.05) is 6.07 Å². The van der Waals surface area contributed by atoms with Gasteiger partial charge in [0.25, 0.3) is 0 Å². The number of aromatic nitrogens is 2. The van der Waals surface area contributed by atoms with E-state index in [0.29, 0.717) is 16.2 Å². The number of halogens is 2. The first-order valence-corrected chi connectivity index (χ1v) is 9.59. The van der Waals surface area contributed by atoms with E-state index in [1.54, 1.807) is 49.1 Å². The average molecular weight is 422 g/mol. The van der Waals surface area contributed by atoms with Gasteiger partial charge < -0.3 is 4.90 Å². The maximum Gasteiger partial charge on any atom is 0.332 e. The topological polar surface area (TPSA) is 61.3 Å². The highest BCUT2D eigenvalue weighted by molar-refractivity contribution is 6.16. The van der Waals surface area contributed by atoms with E-state index in [9.17, 15) is 18.4 Å². The smallest absolute Gasteiger partial charge is 0.315 e. The molecule has 8 heteroatoms. The second-order valence-electron chi connectivity index (χ2n) is 7.69. The number of imide groups is 1. The summed E-state index contributed by atoms with van der Waals surface area (Å²) < 4.78 is 31.4. The maximum atomic E-state index is 14.9. The summed E-state index contributed by atoms with van der Waals surface area (Å²) in [4.78, 5) is 27.7. The van der Waals surface area contributed by atoms with Crippen molar-refractivity contribution in [3.05, 3.63) is 77.1 Å². The molecule has 1 aliphatic rings. The number of amides is 3. The summed E-state index contributed by atoms with van der Waals surface area (Å²) in [5, 5.41) is 3.00. The molecule has 0 bridgehead atoms. The molecule has 0 unspecified atom stereocenters. The molecule has 0 radical (unpaired) electrons. The number of aromatic amines is 1. The number of carbonyl (C=O) groups excluding carboxylic acids is 2. The third kappa shape index (κ3) is 3.48. The van der Waals surface area contributed by atoms with Crippen molar-refractivity contribution in [3.8, 4) is 11.8 Å². The number of H-pyrrole nitrogens is 1. The number of hydrogen-bond donors (Lipinski definition) is 1. The fourth-order valence-electron chi connectivity index (χ4n) is 3.61. The Hall–Kier alpha value is -3.86. The molecule has 6 nitrogen and oxygen atoms in total. The highest BCUT2D eigenvalue weighted by Gasteiger charge is 2.49. The molecule has 3 amide bonds.